The molecule has 270 valence electrons. The van der Waals surface area contributed by atoms with Gasteiger partial charge in [-0.3, -0.25) is 19.2 Å². The summed E-state index contributed by atoms with van der Waals surface area (Å²) < 4.78 is 18.4. The first kappa shape index (κ1) is 38.3. The molecule has 1 spiro atoms. The van der Waals surface area contributed by atoms with Crippen LogP contribution in [-0.2, 0) is 33.4 Å². The number of nitrogens with zero attached hydrogens (tertiary/aromatic N) is 2. The Bertz CT molecular complexity index is 1290. The van der Waals surface area contributed by atoms with Gasteiger partial charge in [-0.15, -0.1) is 13.2 Å². The normalized spacial score (nSPS) is 25.0. The molecule has 0 aliphatic carbocycles. The van der Waals surface area contributed by atoms with E-state index in [1.54, 1.807) is 22.0 Å². The van der Waals surface area contributed by atoms with Crippen molar-refractivity contribution in [1.82, 2.24) is 15.1 Å². The number of esters is 1. The Morgan fingerprint density at radius 3 is 2.59 bits per heavy atom. The topological polar surface area (TPSA) is 135 Å². The highest BCUT2D eigenvalue weighted by atomic mass is 16.6. The van der Waals surface area contributed by atoms with Crippen LogP contribution in [0.5, 0.6) is 0 Å². The van der Waals surface area contributed by atoms with Crippen molar-refractivity contribution in [3.63, 3.8) is 0 Å². The van der Waals surface area contributed by atoms with E-state index in [4.69, 9.17) is 14.2 Å². The largest absolute Gasteiger partial charge is 0.455 e. The first-order valence-corrected chi connectivity index (χ1v) is 17.9. The number of nitrogens with one attached hydrogen (secondary N) is 1. The number of methoxy groups -OCH3 is 1. The Balaban J connectivity index is 1.66. The number of hydrogen-bond donors (Lipinski definition) is 2. The number of amides is 3. The quantitative estimate of drug-likeness (QED) is 0.106. The van der Waals surface area contributed by atoms with Crippen LogP contribution in [0.25, 0.3) is 0 Å². The predicted molar refractivity (Wildman–Crippen MR) is 185 cm³/mol. The molecule has 1 aromatic rings. The van der Waals surface area contributed by atoms with E-state index >= 15 is 0 Å². The number of likely N-dealkylation sites (tertiary alicyclic amines) is 1. The van der Waals surface area contributed by atoms with Crippen LogP contribution < -0.4 is 5.32 Å². The molecule has 3 amide bonds. The highest BCUT2D eigenvalue weighted by Gasteiger charge is 2.75. The third-order valence-corrected chi connectivity index (χ3v) is 10.1. The fourth-order valence-corrected chi connectivity index (χ4v) is 7.81. The van der Waals surface area contributed by atoms with E-state index in [1.807, 2.05) is 30.3 Å². The summed E-state index contributed by atoms with van der Waals surface area (Å²) in [6.07, 6.45) is 8.28. The van der Waals surface area contributed by atoms with Gasteiger partial charge in [-0.25, -0.2) is 0 Å². The molecule has 0 unspecified atom stereocenters. The molecule has 2 N–H and O–H groups in total. The van der Waals surface area contributed by atoms with Crippen LogP contribution in [0.15, 0.2) is 55.6 Å². The van der Waals surface area contributed by atoms with Crippen molar-refractivity contribution < 1.29 is 38.5 Å². The maximum absolute atomic E-state index is 14.5. The van der Waals surface area contributed by atoms with Crippen molar-refractivity contribution in [1.29, 1.82) is 0 Å². The number of hydrogen-bond acceptors (Lipinski definition) is 8. The number of aliphatic hydroxyl groups is 1. The zero-order valence-corrected chi connectivity index (χ0v) is 29.2. The third kappa shape index (κ3) is 8.61. The molecule has 3 saturated heterocycles. The second-order valence-corrected chi connectivity index (χ2v) is 13.4. The van der Waals surface area contributed by atoms with Gasteiger partial charge >= 0.3 is 5.97 Å². The second kappa shape index (κ2) is 18.5. The minimum Gasteiger partial charge on any atom is -0.455 e. The monoisotopic (exact) mass is 681 g/mol. The minimum atomic E-state index is -1.16. The van der Waals surface area contributed by atoms with Crippen LogP contribution in [0, 0.1) is 11.8 Å². The molecule has 7 atom stereocenters. The van der Waals surface area contributed by atoms with Gasteiger partial charge in [0.05, 0.1) is 30.6 Å². The number of unbranched alkanes of at least 4 members (excludes halogenated alkanes) is 4. The number of carbonyl (C=O) groups is 4. The van der Waals surface area contributed by atoms with Gasteiger partial charge < -0.3 is 34.4 Å². The molecule has 3 fully saturated rings. The number of benzene rings is 1. The highest BCUT2D eigenvalue weighted by molar-refractivity contribution is 5.98. The number of carbonyl (C=O) groups excluding carboxylic acids is 4. The lowest BCUT2D eigenvalue weighted by atomic mass is 9.70. The van der Waals surface area contributed by atoms with E-state index in [2.05, 4.69) is 25.4 Å². The van der Waals surface area contributed by atoms with Crippen molar-refractivity contribution in [2.24, 2.45) is 11.8 Å². The molecule has 3 aliphatic rings. The summed E-state index contributed by atoms with van der Waals surface area (Å²) in [5.74, 6) is -3.09. The maximum atomic E-state index is 14.5. The molecule has 0 saturated carbocycles. The summed E-state index contributed by atoms with van der Waals surface area (Å²) in [5.41, 5.74) is -0.485. The second-order valence-electron chi connectivity index (χ2n) is 13.4. The van der Waals surface area contributed by atoms with Gasteiger partial charge in [-0.1, -0.05) is 62.2 Å². The highest BCUT2D eigenvalue weighted by Crippen LogP contribution is 2.59. The Morgan fingerprint density at radius 1 is 1.14 bits per heavy atom. The van der Waals surface area contributed by atoms with Gasteiger partial charge in [-0.2, -0.15) is 0 Å². The van der Waals surface area contributed by atoms with Gasteiger partial charge in [0.25, 0.3) is 0 Å². The first-order chi connectivity index (χ1) is 23.8. The average molecular weight is 682 g/mol. The van der Waals surface area contributed by atoms with Gasteiger partial charge in [0.1, 0.15) is 17.7 Å². The van der Waals surface area contributed by atoms with Crippen molar-refractivity contribution in [3.8, 4) is 0 Å². The van der Waals surface area contributed by atoms with Crippen LogP contribution in [0.2, 0.25) is 0 Å². The number of fused-ring (bicyclic) bond motifs is 1. The molecule has 2 bridgehead atoms. The van der Waals surface area contributed by atoms with E-state index in [9.17, 15) is 24.3 Å². The Hall–Kier alpha value is -3.54. The zero-order chi connectivity index (χ0) is 35.4. The van der Waals surface area contributed by atoms with Crippen LogP contribution >= 0.6 is 0 Å². The van der Waals surface area contributed by atoms with E-state index in [0.29, 0.717) is 63.7 Å². The lowest BCUT2D eigenvalue weighted by Gasteiger charge is -2.37. The van der Waals surface area contributed by atoms with E-state index in [-0.39, 0.29) is 37.4 Å². The smallest absolute Gasteiger partial charge is 0.313 e. The summed E-state index contributed by atoms with van der Waals surface area (Å²) in [6, 6.07) is 7.59. The molecular weight excluding hydrogens is 626 g/mol. The summed E-state index contributed by atoms with van der Waals surface area (Å²) >= 11 is 0. The number of ether oxygens (including phenoxy) is 3. The summed E-state index contributed by atoms with van der Waals surface area (Å²) in [7, 11) is 1.52. The van der Waals surface area contributed by atoms with Gasteiger partial charge in [-0.05, 0) is 50.5 Å². The van der Waals surface area contributed by atoms with Crippen molar-refractivity contribution in [3.05, 3.63) is 61.2 Å². The summed E-state index contributed by atoms with van der Waals surface area (Å²) in [4.78, 5) is 59.5. The van der Waals surface area contributed by atoms with Crippen LogP contribution in [0.4, 0.5) is 0 Å². The molecule has 11 nitrogen and oxygen atoms in total. The molecule has 0 radical (unpaired) electrons. The molecule has 3 aliphatic heterocycles. The molecular formula is C38H55N3O8. The lowest BCUT2D eigenvalue weighted by molar-refractivity contribution is -0.163. The van der Waals surface area contributed by atoms with Crippen molar-refractivity contribution in [2.75, 3.05) is 40.0 Å². The average Bonchev–Trinajstić information content (AvgIpc) is 3.75. The van der Waals surface area contributed by atoms with Gasteiger partial charge in [0.15, 0.2) is 0 Å². The van der Waals surface area contributed by atoms with E-state index < -0.39 is 47.7 Å². The number of allylic oxidation sites excluding steroid dienone is 1. The first-order valence-electron chi connectivity index (χ1n) is 17.9. The predicted octanol–water partition coefficient (Wildman–Crippen LogP) is 4.11. The van der Waals surface area contributed by atoms with E-state index in [0.717, 1.165) is 19.3 Å². The standard InChI is InChI=1S/C38H55N3O8/c1-5-8-14-23-40(22-7-3)36(45)34-38-21-20-29(49-38)31(32(38)35(44)41(34)24-15-11-16-25-42)37(46)48-33(27-17-12-10-13-18-27)28(26-47-4)39-30(43)19-9-6-2/h6-7,10,12-13,17-18,28-29,31-34,42H,2-3,5,8-9,11,14-16,19-26H2,1,4H3,(H,39,43)/t28-,29-,31+,32+,33-,34-,38+/m0/s1. The molecule has 1 aromatic carbocycles. The van der Waals surface area contributed by atoms with Crippen molar-refractivity contribution in [2.45, 2.75) is 101 Å². The Kier molecular flexibility index (Phi) is 14.4. The maximum Gasteiger partial charge on any atom is 0.313 e. The lowest BCUT2D eigenvalue weighted by Crippen LogP contribution is -2.56. The fourth-order valence-electron chi connectivity index (χ4n) is 7.81. The number of aliphatic hydroxyl groups excluding tert-OH is 1. The minimum absolute atomic E-state index is 0.0491. The molecule has 11 heteroatoms. The zero-order valence-electron chi connectivity index (χ0n) is 29.2. The third-order valence-electron chi connectivity index (χ3n) is 10.1. The van der Waals surface area contributed by atoms with Crippen molar-refractivity contribution >= 4 is 23.7 Å². The molecule has 49 heavy (non-hydrogen) atoms. The molecule has 3 heterocycles. The number of rotatable bonds is 22. The molecule has 4 rings (SSSR count). The SMILES string of the molecule is C=CCCC(=O)N[C@@H](COC)[C@@H](OC(=O)[C@@H]1[C@@H]2CC[C@]3(O2)[C@H](C(=O)N(CC=C)CCCCC)N(CCCCCO)C(=O)[C@@H]13)c1ccccc1. The van der Waals surface area contributed by atoms with Crippen LogP contribution in [0.1, 0.15) is 82.8 Å². The fraction of sp³-hybridized carbons (Fsp3) is 0.632. The van der Waals surface area contributed by atoms with Gasteiger partial charge in [0.2, 0.25) is 17.7 Å². The Labute approximate surface area is 291 Å². The van der Waals surface area contributed by atoms with E-state index in [1.165, 1.54) is 7.11 Å². The summed E-state index contributed by atoms with van der Waals surface area (Å²) in [5, 5.41) is 12.3. The summed E-state index contributed by atoms with van der Waals surface area (Å²) in [6.45, 7) is 11.0. The van der Waals surface area contributed by atoms with Gasteiger partial charge in [0, 0.05) is 39.8 Å². The Morgan fingerprint density at radius 2 is 1.92 bits per heavy atom. The molecule has 0 aromatic heterocycles. The van der Waals surface area contributed by atoms with Crippen LogP contribution in [0.3, 0.4) is 0 Å². The van der Waals surface area contributed by atoms with Crippen LogP contribution in [-0.4, -0.2) is 102 Å².